The highest BCUT2D eigenvalue weighted by Crippen LogP contribution is 2.22. The van der Waals surface area contributed by atoms with Gasteiger partial charge in [0.15, 0.2) is 0 Å². The molecule has 0 unspecified atom stereocenters. The normalized spacial score (nSPS) is 11.8. The molecule has 92 valence electrons. The Hall–Kier alpha value is -1.84. The van der Waals surface area contributed by atoms with Crippen molar-refractivity contribution < 1.29 is 18.7 Å². The molecule has 0 fully saturated rings. The molecule has 0 heterocycles. The zero-order valence-corrected chi connectivity index (χ0v) is 10.1. The SMILES string of the molecule is CCOC(=O)/C(F)=C(\C)c1ccc(OC)cc1. The minimum atomic E-state index is -0.930. The summed E-state index contributed by atoms with van der Waals surface area (Å²) in [5, 5.41) is 0. The smallest absolute Gasteiger partial charge is 0.367 e. The highest BCUT2D eigenvalue weighted by molar-refractivity contribution is 5.94. The molecule has 1 rings (SSSR count). The molecular weight excluding hydrogens is 223 g/mol. The van der Waals surface area contributed by atoms with E-state index in [0.717, 1.165) is 0 Å². The van der Waals surface area contributed by atoms with Gasteiger partial charge in [-0.25, -0.2) is 4.79 Å². The van der Waals surface area contributed by atoms with Crippen LogP contribution in [0.25, 0.3) is 5.57 Å². The fourth-order valence-corrected chi connectivity index (χ4v) is 1.32. The third kappa shape index (κ3) is 3.31. The first-order valence-corrected chi connectivity index (χ1v) is 5.28. The van der Waals surface area contributed by atoms with Gasteiger partial charge in [0.25, 0.3) is 0 Å². The molecule has 1 aromatic rings. The Labute approximate surface area is 99.9 Å². The number of allylic oxidation sites excluding steroid dienone is 1. The third-order valence-electron chi connectivity index (χ3n) is 2.31. The number of halogens is 1. The number of hydrogen-bond acceptors (Lipinski definition) is 3. The first-order valence-electron chi connectivity index (χ1n) is 5.28. The molecule has 0 saturated heterocycles. The molecule has 0 atom stereocenters. The number of esters is 1. The van der Waals surface area contributed by atoms with Crippen LogP contribution in [0.5, 0.6) is 5.75 Å². The molecular formula is C13H15FO3. The molecule has 0 N–H and O–H groups in total. The second kappa shape index (κ2) is 6.03. The van der Waals surface area contributed by atoms with Crippen LogP contribution in [0.3, 0.4) is 0 Å². The number of benzene rings is 1. The van der Waals surface area contributed by atoms with Crippen LogP contribution in [-0.4, -0.2) is 19.7 Å². The van der Waals surface area contributed by atoms with Gasteiger partial charge in [-0.15, -0.1) is 0 Å². The van der Waals surface area contributed by atoms with Crippen LogP contribution >= 0.6 is 0 Å². The van der Waals surface area contributed by atoms with E-state index >= 15 is 0 Å². The van der Waals surface area contributed by atoms with Crippen LogP contribution in [0.15, 0.2) is 30.1 Å². The number of hydrogen-bond donors (Lipinski definition) is 0. The number of ether oxygens (including phenoxy) is 2. The van der Waals surface area contributed by atoms with Crippen LogP contribution in [0.1, 0.15) is 19.4 Å². The Morgan fingerprint density at radius 3 is 2.35 bits per heavy atom. The molecule has 17 heavy (non-hydrogen) atoms. The fourth-order valence-electron chi connectivity index (χ4n) is 1.32. The van der Waals surface area contributed by atoms with Crippen molar-refractivity contribution in [2.24, 2.45) is 0 Å². The molecule has 0 aliphatic heterocycles. The van der Waals surface area contributed by atoms with Crippen molar-refractivity contribution in [3.8, 4) is 5.75 Å². The zero-order valence-electron chi connectivity index (χ0n) is 10.1. The molecule has 3 nitrogen and oxygen atoms in total. The van der Waals surface area contributed by atoms with Crippen molar-refractivity contribution in [1.82, 2.24) is 0 Å². The standard InChI is InChI=1S/C13H15FO3/c1-4-17-13(15)12(14)9(2)10-5-7-11(16-3)8-6-10/h5-8H,4H2,1-3H3/b12-9-. The lowest BCUT2D eigenvalue weighted by Gasteiger charge is -2.05. The van der Waals surface area contributed by atoms with E-state index in [1.165, 1.54) is 6.92 Å². The van der Waals surface area contributed by atoms with Gasteiger partial charge >= 0.3 is 5.97 Å². The third-order valence-corrected chi connectivity index (χ3v) is 2.31. The van der Waals surface area contributed by atoms with E-state index in [9.17, 15) is 9.18 Å². The van der Waals surface area contributed by atoms with E-state index in [4.69, 9.17) is 4.74 Å². The van der Waals surface area contributed by atoms with Crippen LogP contribution in [0, 0.1) is 0 Å². The van der Waals surface area contributed by atoms with Crippen molar-refractivity contribution in [2.75, 3.05) is 13.7 Å². The summed E-state index contributed by atoms with van der Waals surface area (Å²) in [6.07, 6.45) is 0. The highest BCUT2D eigenvalue weighted by Gasteiger charge is 2.14. The number of carbonyl (C=O) groups excluding carboxylic acids is 1. The first-order chi connectivity index (χ1) is 8.10. The Bertz CT molecular complexity index is 421. The lowest BCUT2D eigenvalue weighted by atomic mass is 10.1. The minimum Gasteiger partial charge on any atom is -0.497 e. The van der Waals surface area contributed by atoms with Gasteiger partial charge in [-0.3, -0.25) is 0 Å². The van der Waals surface area contributed by atoms with Crippen LogP contribution in [0.4, 0.5) is 4.39 Å². The summed E-state index contributed by atoms with van der Waals surface area (Å²) in [6, 6.07) is 6.79. The summed E-state index contributed by atoms with van der Waals surface area (Å²) in [5.74, 6) is -1.11. The predicted octanol–water partition coefficient (Wildman–Crippen LogP) is 2.96. The average Bonchev–Trinajstić information content (AvgIpc) is 2.37. The van der Waals surface area contributed by atoms with Crippen molar-refractivity contribution >= 4 is 11.5 Å². The van der Waals surface area contributed by atoms with Crippen molar-refractivity contribution in [3.63, 3.8) is 0 Å². The van der Waals surface area contributed by atoms with Crippen LogP contribution in [-0.2, 0) is 9.53 Å². The van der Waals surface area contributed by atoms with Gasteiger partial charge in [-0.1, -0.05) is 12.1 Å². The van der Waals surface area contributed by atoms with Gasteiger partial charge in [0.1, 0.15) is 5.75 Å². The Balaban J connectivity index is 2.97. The lowest BCUT2D eigenvalue weighted by Crippen LogP contribution is -2.05. The molecule has 0 aliphatic rings. The largest absolute Gasteiger partial charge is 0.497 e. The summed E-state index contributed by atoms with van der Waals surface area (Å²) in [5.41, 5.74) is 0.877. The van der Waals surface area contributed by atoms with Crippen LogP contribution in [0.2, 0.25) is 0 Å². The van der Waals surface area contributed by atoms with E-state index in [2.05, 4.69) is 4.74 Å². The summed E-state index contributed by atoms with van der Waals surface area (Å²) in [6.45, 7) is 3.32. The maximum absolute atomic E-state index is 13.6. The summed E-state index contributed by atoms with van der Waals surface area (Å²) in [7, 11) is 1.55. The molecule has 0 aliphatic carbocycles. The zero-order chi connectivity index (χ0) is 12.8. The van der Waals surface area contributed by atoms with Gasteiger partial charge in [0.2, 0.25) is 5.83 Å². The van der Waals surface area contributed by atoms with Crippen molar-refractivity contribution in [1.29, 1.82) is 0 Å². The fraction of sp³-hybridized carbons (Fsp3) is 0.308. The summed E-state index contributed by atoms with van der Waals surface area (Å²) < 4.78 is 23.2. The van der Waals surface area contributed by atoms with Crippen LogP contribution < -0.4 is 4.74 Å². The quantitative estimate of drug-likeness (QED) is 0.597. The van der Waals surface area contributed by atoms with E-state index in [1.807, 2.05) is 0 Å². The number of methoxy groups -OCH3 is 1. The van der Waals surface area contributed by atoms with Crippen molar-refractivity contribution in [3.05, 3.63) is 35.7 Å². The van der Waals surface area contributed by atoms with E-state index in [1.54, 1.807) is 38.3 Å². The maximum Gasteiger partial charge on any atom is 0.367 e. The van der Waals surface area contributed by atoms with Gasteiger partial charge in [-0.05, 0) is 37.1 Å². The summed E-state index contributed by atoms with van der Waals surface area (Å²) >= 11 is 0. The van der Waals surface area contributed by atoms with Gasteiger partial charge in [0.05, 0.1) is 13.7 Å². The Morgan fingerprint density at radius 2 is 1.88 bits per heavy atom. The van der Waals surface area contributed by atoms with E-state index < -0.39 is 11.8 Å². The van der Waals surface area contributed by atoms with Crippen molar-refractivity contribution in [2.45, 2.75) is 13.8 Å². The number of rotatable bonds is 4. The van der Waals surface area contributed by atoms with E-state index in [-0.39, 0.29) is 12.2 Å². The molecule has 0 spiro atoms. The second-order valence-electron chi connectivity index (χ2n) is 3.39. The number of carbonyl (C=O) groups is 1. The Kier molecular flexibility index (Phi) is 4.69. The molecule has 0 aromatic heterocycles. The first kappa shape index (κ1) is 13.2. The molecule has 0 bridgehead atoms. The van der Waals surface area contributed by atoms with Gasteiger partial charge in [-0.2, -0.15) is 4.39 Å². The molecule has 4 heteroatoms. The predicted molar refractivity (Wildman–Crippen MR) is 63.3 cm³/mol. The summed E-state index contributed by atoms with van der Waals surface area (Å²) in [4.78, 5) is 11.2. The monoisotopic (exact) mass is 238 g/mol. The molecule has 0 saturated carbocycles. The second-order valence-corrected chi connectivity index (χ2v) is 3.39. The van der Waals surface area contributed by atoms with Gasteiger partial charge < -0.3 is 9.47 Å². The topological polar surface area (TPSA) is 35.5 Å². The Morgan fingerprint density at radius 1 is 1.29 bits per heavy atom. The van der Waals surface area contributed by atoms with Gasteiger partial charge in [0, 0.05) is 0 Å². The van der Waals surface area contributed by atoms with E-state index in [0.29, 0.717) is 11.3 Å². The maximum atomic E-state index is 13.6. The highest BCUT2D eigenvalue weighted by atomic mass is 19.1. The minimum absolute atomic E-state index is 0.155. The molecule has 0 amide bonds. The molecule has 0 radical (unpaired) electrons. The average molecular weight is 238 g/mol. The molecule has 1 aromatic carbocycles. The lowest BCUT2D eigenvalue weighted by molar-refractivity contribution is -0.140.